The molecular weight excluding hydrogens is 270 g/mol. The van der Waals surface area contributed by atoms with Gasteiger partial charge in [0.25, 0.3) is 5.91 Å². The standard InChI is InChI=1S/C15H17N3O3/c1-15(2)14(20)18(3)11-8-9(4-6-12(11)21-15)10-5-7-13(19)17-16-10/h4,6,8H,5,7H2,1-3H3,(H,17,19). The molecule has 0 radical (unpaired) electrons. The number of nitrogens with zero attached hydrogens (tertiary/aromatic N) is 2. The Morgan fingerprint density at radius 1 is 1.29 bits per heavy atom. The van der Waals surface area contributed by atoms with Crippen molar-refractivity contribution >= 4 is 23.2 Å². The number of rotatable bonds is 1. The Hall–Kier alpha value is -2.37. The number of carbonyl (C=O) groups excluding carboxylic acids is 2. The molecule has 2 amide bonds. The van der Waals surface area contributed by atoms with E-state index in [0.29, 0.717) is 18.6 Å². The van der Waals surface area contributed by atoms with Crippen LogP contribution in [0, 0.1) is 0 Å². The lowest BCUT2D eigenvalue weighted by Crippen LogP contribution is -2.50. The highest BCUT2D eigenvalue weighted by molar-refractivity contribution is 6.07. The summed E-state index contributed by atoms with van der Waals surface area (Å²) in [5.74, 6) is 0.506. The van der Waals surface area contributed by atoms with Gasteiger partial charge in [-0.3, -0.25) is 9.59 Å². The molecule has 2 aliphatic rings. The molecule has 110 valence electrons. The van der Waals surface area contributed by atoms with E-state index in [1.165, 1.54) is 0 Å². The van der Waals surface area contributed by atoms with Crippen LogP contribution in [0.2, 0.25) is 0 Å². The summed E-state index contributed by atoms with van der Waals surface area (Å²) < 4.78 is 5.76. The second kappa shape index (κ2) is 4.58. The molecule has 0 saturated heterocycles. The molecule has 6 heteroatoms. The van der Waals surface area contributed by atoms with E-state index in [1.54, 1.807) is 25.8 Å². The number of likely N-dealkylation sites (N-methyl/N-ethyl adjacent to an activating group) is 1. The second-order valence-electron chi connectivity index (χ2n) is 5.75. The highest BCUT2D eigenvalue weighted by Gasteiger charge is 2.39. The van der Waals surface area contributed by atoms with Gasteiger partial charge in [-0.1, -0.05) is 0 Å². The SMILES string of the molecule is CN1C(=O)C(C)(C)Oc2ccc(C3=NNC(=O)CC3)cc21. The molecule has 21 heavy (non-hydrogen) atoms. The first-order valence-electron chi connectivity index (χ1n) is 6.85. The van der Waals surface area contributed by atoms with Crippen molar-refractivity contribution < 1.29 is 14.3 Å². The zero-order chi connectivity index (χ0) is 15.2. The first-order chi connectivity index (χ1) is 9.88. The van der Waals surface area contributed by atoms with Crippen LogP contribution in [0.25, 0.3) is 0 Å². The molecule has 0 aliphatic carbocycles. The summed E-state index contributed by atoms with van der Waals surface area (Å²) in [6, 6.07) is 5.61. The van der Waals surface area contributed by atoms with E-state index in [-0.39, 0.29) is 11.8 Å². The van der Waals surface area contributed by atoms with E-state index < -0.39 is 5.60 Å². The van der Waals surface area contributed by atoms with Crippen LogP contribution in [-0.2, 0) is 9.59 Å². The molecule has 0 aromatic heterocycles. The predicted molar refractivity (Wildman–Crippen MR) is 78.5 cm³/mol. The molecule has 1 aromatic rings. The number of hydrazone groups is 1. The maximum atomic E-state index is 12.3. The maximum Gasteiger partial charge on any atom is 0.270 e. The number of hydrogen-bond acceptors (Lipinski definition) is 4. The molecule has 6 nitrogen and oxygen atoms in total. The van der Waals surface area contributed by atoms with Gasteiger partial charge in [0.2, 0.25) is 5.91 Å². The zero-order valence-corrected chi connectivity index (χ0v) is 12.3. The zero-order valence-electron chi connectivity index (χ0n) is 12.3. The minimum Gasteiger partial charge on any atom is -0.476 e. The van der Waals surface area contributed by atoms with Crippen molar-refractivity contribution in [1.29, 1.82) is 0 Å². The minimum absolute atomic E-state index is 0.0749. The number of anilines is 1. The topological polar surface area (TPSA) is 71.0 Å². The Bertz CT molecular complexity index is 664. The number of nitrogens with one attached hydrogen (secondary N) is 1. The summed E-state index contributed by atoms with van der Waals surface area (Å²) in [4.78, 5) is 25.0. The van der Waals surface area contributed by atoms with Crippen molar-refractivity contribution in [1.82, 2.24) is 5.43 Å². The first kappa shape index (κ1) is 13.6. The van der Waals surface area contributed by atoms with E-state index in [0.717, 1.165) is 17.0 Å². The van der Waals surface area contributed by atoms with Crippen LogP contribution < -0.4 is 15.1 Å². The van der Waals surface area contributed by atoms with Crippen molar-refractivity contribution in [3.05, 3.63) is 23.8 Å². The van der Waals surface area contributed by atoms with E-state index in [1.807, 2.05) is 18.2 Å². The van der Waals surface area contributed by atoms with Crippen LogP contribution in [-0.4, -0.2) is 30.2 Å². The van der Waals surface area contributed by atoms with E-state index >= 15 is 0 Å². The Morgan fingerprint density at radius 3 is 2.71 bits per heavy atom. The Morgan fingerprint density at radius 2 is 2.05 bits per heavy atom. The largest absolute Gasteiger partial charge is 0.476 e. The van der Waals surface area contributed by atoms with Crippen molar-refractivity contribution in [2.75, 3.05) is 11.9 Å². The predicted octanol–water partition coefficient (Wildman–Crippen LogP) is 1.43. The third-order valence-corrected chi connectivity index (χ3v) is 3.74. The van der Waals surface area contributed by atoms with Crippen molar-refractivity contribution in [2.24, 2.45) is 5.10 Å². The summed E-state index contributed by atoms with van der Waals surface area (Å²) in [6.45, 7) is 3.51. The van der Waals surface area contributed by atoms with Crippen LogP contribution in [0.15, 0.2) is 23.3 Å². The summed E-state index contributed by atoms with van der Waals surface area (Å²) in [6.07, 6.45) is 1.02. The van der Waals surface area contributed by atoms with Crippen LogP contribution in [0.3, 0.4) is 0 Å². The lowest BCUT2D eigenvalue weighted by atomic mass is 10.00. The second-order valence-corrected chi connectivity index (χ2v) is 5.75. The molecular formula is C15H17N3O3. The number of benzene rings is 1. The number of fused-ring (bicyclic) bond motifs is 1. The van der Waals surface area contributed by atoms with Gasteiger partial charge in [-0.2, -0.15) is 5.10 Å². The molecule has 2 heterocycles. The monoisotopic (exact) mass is 287 g/mol. The fourth-order valence-corrected chi connectivity index (χ4v) is 2.56. The number of carbonyl (C=O) groups is 2. The van der Waals surface area contributed by atoms with Crippen LogP contribution in [0.5, 0.6) is 5.75 Å². The maximum absolute atomic E-state index is 12.3. The van der Waals surface area contributed by atoms with Gasteiger partial charge in [0.15, 0.2) is 5.60 Å². The third-order valence-electron chi connectivity index (χ3n) is 3.74. The Balaban J connectivity index is 1.99. The number of hydrogen-bond donors (Lipinski definition) is 1. The molecule has 0 unspecified atom stereocenters. The van der Waals surface area contributed by atoms with E-state index in [4.69, 9.17) is 4.74 Å². The van der Waals surface area contributed by atoms with Crippen LogP contribution in [0.1, 0.15) is 32.3 Å². The normalized spacial score (nSPS) is 20.3. The van der Waals surface area contributed by atoms with Gasteiger partial charge in [-0.15, -0.1) is 0 Å². The average Bonchev–Trinajstić information content (AvgIpc) is 2.45. The molecule has 0 saturated carbocycles. The summed E-state index contributed by atoms with van der Waals surface area (Å²) in [5.41, 5.74) is 4.03. The fourth-order valence-electron chi connectivity index (χ4n) is 2.56. The quantitative estimate of drug-likeness (QED) is 0.849. The lowest BCUT2D eigenvalue weighted by molar-refractivity contribution is -0.132. The highest BCUT2D eigenvalue weighted by atomic mass is 16.5. The molecule has 2 aliphatic heterocycles. The average molecular weight is 287 g/mol. The minimum atomic E-state index is -0.862. The Kier molecular flexibility index (Phi) is 2.97. The fraction of sp³-hybridized carbons (Fsp3) is 0.400. The van der Waals surface area contributed by atoms with Crippen LogP contribution in [0.4, 0.5) is 5.69 Å². The number of amides is 2. The molecule has 0 fully saturated rings. The van der Waals surface area contributed by atoms with Gasteiger partial charge in [0.1, 0.15) is 5.75 Å². The Labute approximate surface area is 122 Å². The van der Waals surface area contributed by atoms with E-state index in [2.05, 4.69) is 10.5 Å². The number of ether oxygens (including phenoxy) is 1. The molecule has 1 N–H and O–H groups in total. The summed E-state index contributed by atoms with van der Waals surface area (Å²) >= 11 is 0. The van der Waals surface area contributed by atoms with Gasteiger partial charge < -0.3 is 9.64 Å². The smallest absolute Gasteiger partial charge is 0.270 e. The van der Waals surface area contributed by atoms with Gasteiger partial charge in [-0.25, -0.2) is 5.43 Å². The van der Waals surface area contributed by atoms with Crippen molar-refractivity contribution in [2.45, 2.75) is 32.3 Å². The van der Waals surface area contributed by atoms with Gasteiger partial charge in [0, 0.05) is 25.5 Å². The molecule has 0 spiro atoms. The summed E-state index contributed by atoms with van der Waals surface area (Å²) in [5, 5.41) is 4.08. The molecule has 0 bridgehead atoms. The van der Waals surface area contributed by atoms with Crippen molar-refractivity contribution in [3.63, 3.8) is 0 Å². The molecule has 1 aromatic carbocycles. The van der Waals surface area contributed by atoms with Gasteiger partial charge in [0.05, 0.1) is 11.4 Å². The molecule has 3 rings (SSSR count). The van der Waals surface area contributed by atoms with Crippen LogP contribution >= 0.6 is 0 Å². The van der Waals surface area contributed by atoms with E-state index in [9.17, 15) is 9.59 Å². The highest BCUT2D eigenvalue weighted by Crippen LogP contribution is 2.37. The first-order valence-corrected chi connectivity index (χ1v) is 6.85. The summed E-state index contributed by atoms with van der Waals surface area (Å²) in [7, 11) is 1.74. The third kappa shape index (κ3) is 2.26. The van der Waals surface area contributed by atoms with Gasteiger partial charge in [-0.05, 0) is 32.0 Å². The van der Waals surface area contributed by atoms with Crippen molar-refractivity contribution in [3.8, 4) is 5.75 Å². The van der Waals surface area contributed by atoms with Gasteiger partial charge >= 0.3 is 0 Å². The molecule has 0 atom stereocenters. The lowest BCUT2D eigenvalue weighted by Gasteiger charge is -2.37.